The molecule has 1 fully saturated rings. The van der Waals surface area contributed by atoms with E-state index in [2.05, 4.69) is 5.32 Å². The first kappa shape index (κ1) is 21.4. The van der Waals surface area contributed by atoms with Crippen molar-refractivity contribution in [2.24, 2.45) is 0 Å². The van der Waals surface area contributed by atoms with Crippen molar-refractivity contribution < 1.29 is 23.9 Å². The zero-order chi connectivity index (χ0) is 21.8. The number of urea groups is 1. The van der Waals surface area contributed by atoms with Crippen molar-refractivity contribution in [1.29, 1.82) is 0 Å². The molecular weight excluding hydrogens is 410 g/mol. The van der Waals surface area contributed by atoms with E-state index >= 15 is 0 Å². The number of methoxy groups -OCH3 is 2. The first-order valence-electron chi connectivity index (χ1n) is 9.29. The molecule has 30 heavy (non-hydrogen) atoms. The van der Waals surface area contributed by atoms with Gasteiger partial charge in [0.05, 0.1) is 19.2 Å². The molecular formula is C21H22ClN3O5. The molecule has 9 heteroatoms. The van der Waals surface area contributed by atoms with Crippen LogP contribution in [0.5, 0.6) is 11.5 Å². The van der Waals surface area contributed by atoms with Gasteiger partial charge in [-0.3, -0.25) is 9.59 Å². The number of amides is 3. The highest BCUT2D eigenvalue weighted by atomic mass is 35.5. The molecule has 1 aliphatic rings. The van der Waals surface area contributed by atoms with Gasteiger partial charge in [-0.25, -0.2) is 14.8 Å². The van der Waals surface area contributed by atoms with Crippen LogP contribution in [0.25, 0.3) is 0 Å². The average Bonchev–Trinajstić information content (AvgIpc) is 3.23. The van der Waals surface area contributed by atoms with Crippen LogP contribution < -0.4 is 14.8 Å². The minimum atomic E-state index is -0.485. The number of nitrogens with one attached hydrogen (secondary N) is 1. The molecule has 1 heterocycles. The number of hydrogen-bond donors (Lipinski definition) is 1. The molecule has 2 aromatic rings. The SMILES string of the molecule is COc1ccc(Cl)c(OC)c1C(=O)N1CCCN1C(=O)Nc1cccc(C(C)=O)c1. The monoisotopic (exact) mass is 431 g/mol. The van der Waals surface area contributed by atoms with Crippen LogP contribution in [0.4, 0.5) is 10.5 Å². The van der Waals surface area contributed by atoms with Gasteiger partial charge in [0.2, 0.25) is 0 Å². The number of nitrogens with zero attached hydrogens (tertiary/aromatic N) is 2. The first-order chi connectivity index (χ1) is 14.4. The van der Waals surface area contributed by atoms with Crippen LogP contribution in [-0.4, -0.2) is 55.0 Å². The topological polar surface area (TPSA) is 88.2 Å². The van der Waals surface area contributed by atoms with Crippen LogP contribution in [0.3, 0.4) is 0 Å². The number of carbonyl (C=O) groups excluding carboxylic acids is 3. The smallest absolute Gasteiger partial charge is 0.340 e. The van der Waals surface area contributed by atoms with E-state index in [1.807, 2.05) is 0 Å². The summed E-state index contributed by atoms with van der Waals surface area (Å²) in [7, 11) is 2.85. The lowest BCUT2D eigenvalue weighted by Gasteiger charge is -2.29. The number of hydrogen-bond acceptors (Lipinski definition) is 5. The number of benzene rings is 2. The molecule has 0 spiro atoms. The minimum Gasteiger partial charge on any atom is -0.496 e. The summed E-state index contributed by atoms with van der Waals surface area (Å²) in [4.78, 5) is 37.8. The van der Waals surface area contributed by atoms with Crippen LogP contribution in [0.2, 0.25) is 5.02 Å². The summed E-state index contributed by atoms with van der Waals surface area (Å²) in [5.41, 5.74) is 1.09. The van der Waals surface area contributed by atoms with Gasteiger partial charge in [0.15, 0.2) is 11.5 Å². The second-order valence-corrected chi connectivity index (χ2v) is 7.04. The van der Waals surface area contributed by atoms with Crippen molar-refractivity contribution in [2.45, 2.75) is 13.3 Å². The van der Waals surface area contributed by atoms with Crippen molar-refractivity contribution in [3.63, 3.8) is 0 Å². The summed E-state index contributed by atoms with van der Waals surface area (Å²) in [6.07, 6.45) is 0.609. The lowest BCUT2D eigenvalue weighted by molar-refractivity contribution is 0.0398. The number of rotatable bonds is 5. The van der Waals surface area contributed by atoms with Crippen LogP contribution in [0, 0.1) is 0 Å². The van der Waals surface area contributed by atoms with Crippen molar-refractivity contribution in [3.05, 3.63) is 52.5 Å². The van der Waals surface area contributed by atoms with Crippen LogP contribution >= 0.6 is 11.6 Å². The lowest BCUT2D eigenvalue weighted by atomic mass is 10.1. The van der Waals surface area contributed by atoms with Gasteiger partial charge >= 0.3 is 6.03 Å². The molecule has 158 valence electrons. The van der Waals surface area contributed by atoms with Crippen LogP contribution in [0.1, 0.15) is 34.1 Å². The zero-order valence-corrected chi connectivity index (χ0v) is 17.7. The van der Waals surface area contributed by atoms with E-state index in [0.717, 1.165) is 0 Å². The third kappa shape index (κ3) is 4.18. The Morgan fingerprint density at radius 3 is 2.43 bits per heavy atom. The minimum absolute atomic E-state index is 0.107. The molecule has 0 radical (unpaired) electrons. The Kier molecular flexibility index (Phi) is 6.47. The highest BCUT2D eigenvalue weighted by Crippen LogP contribution is 2.37. The molecule has 0 saturated carbocycles. The molecule has 3 rings (SSSR count). The third-order valence-electron chi connectivity index (χ3n) is 4.73. The van der Waals surface area contributed by atoms with Gasteiger partial charge < -0.3 is 14.8 Å². The predicted molar refractivity (Wildman–Crippen MR) is 112 cm³/mol. The fourth-order valence-corrected chi connectivity index (χ4v) is 3.51. The highest BCUT2D eigenvalue weighted by molar-refractivity contribution is 6.32. The molecule has 0 unspecified atom stereocenters. The Hall–Kier alpha value is -3.26. The maximum atomic E-state index is 13.3. The Balaban J connectivity index is 1.86. The summed E-state index contributed by atoms with van der Waals surface area (Å²) < 4.78 is 10.6. The molecule has 0 atom stereocenters. The summed E-state index contributed by atoms with van der Waals surface area (Å²) in [6.45, 7) is 2.15. The fraction of sp³-hybridized carbons (Fsp3) is 0.286. The van der Waals surface area contributed by atoms with Crippen molar-refractivity contribution in [3.8, 4) is 11.5 Å². The Morgan fingerprint density at radius 2 is 1.77 bits per heavy atom. The number of ketones is 1. The predicted octanol–water partition coefficient (Wildman–Crippen LogP) is 3.85. The maximum absolute atomic E-state index is 13.3. The Bertz CT molecular complexity index is 995. The van der Waals surface area contributed by atoms with Gasteiger partial charge in [0.25, 0.3) is 5.91 Å². The lowest BCUT2D eigenvalue weighted by Crippen LogP contribution is -2.46. The fourth-order valence-electron chi connectivity index (χ4n) is 3.28. The van der Waals surface area contributed by atoms with Gasteiger partial charge in [-0.15, -0.1) is 0 Å². The largest absolute Gasteiger partial charge is 0.496 e. The van der Waals surface area contributed by atoms with Crippen molar-refractivity contribution >= 4 is 35.0 Å². The summed E-state index contributed by atoms with van der Waals surface area (Å²) in [5, 5.41) is 5.65. The zero-order valence-electron chi connectivity index (χ0n) is 16.9. The third-order valence-corrected chi connectivity index (χ3v) is 5.03. The molecule has 0 aromatic heterocycles. The summed E-state index contributed by atoms with van der Waals surface area (Å²) in [5.74, 6) is -0.0920. The molecule has 1 saturated heterocycles. The van der Waals surface area contributed by atoms with Gasteiger partial charge in [0.1, 0.15) is 11.3 Å². The quantitative estimate of drug-likeness (QED) is 0.726. The van der Waals surface area contributed by atoms with Gasteiger partial charge in [-0.05, 0) is 37.6 Å². The number of halogens is 1. The number of anilines is 1. The van der Waals surface area contributed by atoms with Crippen molar-refractivity contribution in [1.82, 2.24) is 10.0 Å². The second-order valence-electron chi connectivity index (χ2n) is 6.63. The number of carbonyl (C=O) groups is 3. The van der Waals surface area contributed by atoms with E-state index < -0.39 is 11.9 Å². The molecule has 2 aromatic carbocycles. The van der Waals surface area contributed by atoms with Gasteiger partial charge in [-0.1, -0.05) is 23.7 Å². The normalized spacial score (nSPS) is 13.2. The van der Waals surface area contributed by atoms with Gasteiger partial charge in [0, 0.05) is 24.3 Å². The number of ether oxygens (including phenoxy) is 2. The van der Waals surface area contributed by atoms with E-state index in [1.54, 1.807) is 36.4 Å². The second kappa shape index (κ2) is 9.04. The molecule has 3 amide bonds. The van der Waals surface area contributed by atoms with E-state index in [9.17, 15) is 14.4 Å². The van der Waals surface area contributed by atoms with Gasteiger partial charge in [-0.2, -0.15) is 0 Å². The van der Waals surface area contributed by atoms with E-state index in [0.29, 0.717) is 36.5 Å². The Labute approximate surface area is 179 Å². The van der Waals surface area contributed by atoms with Crippen molar-refractivity contribution in [2.75, 3.05) is 32.6 Å². The summed E-state index contributed by atoms with van der Waals surface area (Å²) in [6, 6.07) is 9.28. The average molecular weight is 432 g/mol. The van der Waals surface area contributed by atoms with Crippen LogP contribution in [-0.2, 0) is 0 Å². The highest BCUT2D eigenvalue weighted by Gasteiger charge is 2.35. The number of hydrazine groups is 1. The van der Waals surface area contributed by atoms with E-state index in [1.165, 1.54) is 31.2 Å². The standard InChI is InChI=1S/C21H22ClN3O5/c1-13(26)14-6-4-7-15(12-14)23-21(28)25-11-5-10-24(25)20(27)18-17(29-2)9-8-16(22)19(18)30-3/h4,6-9,12H,5,10-11H2,1-3H3,(H,23,28). The van der Waals surface area contributed by atoms with E-state index in [-0.39, 0.29) is 22.1 Å². The maximum Gasteiger partial charge on any atom is 0.340 e. The molecule has 1 aliphatic heterocycles. The Morgan fingerprint density at radius 1 is 1.03 bits per heavy atom. The van der Waals surface area contributed by atoms with E-state index in [4.69, 9.17) is 21.1 Å². The number of Topliss-reactive ketones (excluding diaryl/α,β-unsaturated/α-hetero) is 1. The molecule has 1 N–H and O–H groups in total. The molecule has 8 nitrogen and oxygen atoms in total. The van der Waals surface area contributed by atoms with Crippen LogP contribution in [0.15, 0.2) is 36.4 Å². The summed E-state index contributed by atoms with van der Waals surface area (Å²) >= 11 is 6.18. The first-order valence-corrected chi connectivity index (χ1v) is 9.67. The molecule has 0 aliphatic carbocycles. The molecule has 0 bridgehead atoms.